The summed E-state index contributed by atoms with van der Waals surface area (Å²) in [7, 11) is -3.96. The van der Waals surface area contributed by atoms with Crippen molar-refractivity contribution in [3.63, 3.8) is 0 Å². The second kappa shape index (κ2) is 11.5. The quantitative estimate of drug-likeness (QED) is 0.422. The fourth-order valence-electron chi connectivity index (χ4n) is 4.75. The fraction of sp³-hybridized carbons (Fsp3) is 0.367. The summed E-state index contributed by atoms with van der Waals surface area (Å²) in [6, 6.07) is 24.3. The predicted molar refractivity (Wildman–Crippen MR) is 147 cm³/mol. The van der Waals surface area contributed by atoms with E-state index in [9.17, 15) is 13.2 Å². The van der Waals surface area contributed by atoms with E-state index in [0.717, 1.165) is 29.5 Å². The van der Waals surface area contributed by atoms with E-state index in [-0.39, 0.29) is 22.8 Å². The Balaban J connectivity index is 1.59. The molecule has 0 aromatic heterocycles. The maximum absolute atomic E-state index is 13.7. The molecule has 4 rings (SSSR count). The summed E-state index contributed by atoms with van der Waals surface area (Å²) in [5.41, 5.74) is 3.45. The smallest absolute Gasteiger partial charge is 0.264 e. The molecule has 0 radical (unpaired) electrons. The molecule has 7 heteroatoms. The molecule has 1 heterocycles. The lowest BCUT2D eigenvalue weighted by Crippen LogP contribution is -2.48. The Bertz CT molecular complexity index is 1280. The number of nitrogens with one attached hydrogen (secondary N) is 1. The molecule has 0 saturated carbocycles. The number of ether oxygens (including phenoxy) is 1. The predicted octanol–water partition coefficient (Wildman–Crippen LogP) is 5.18. The maximum atomic E-state index is 13.7. The number of nitrogens with zero attached hydrogens (tertiary/aromatic N) is 1. The number of benzene rings is 3. The normalized spacial score (nSPS) is 15.4. The molecule has 0 aliphatic carbocycles. The van der Waals surface area contributed by atoms with E-state index in [0.29, 0.717) is 31.4 Å². The van der Waals surface area contributed by atoms with E-state index in [1.807, 2.05) is 37.3 Å². The van der Waals surface area contributed by atoms with Crippen LogP contribution in [0.3, 0.4) is 0 Å². The minimum absolute atomic E-state index is 0.157. The summed E-state index contributed by atoms with van der Waals surface area (Å²) >= 11 is 0. The number of aryl methyl sites for hydroxylation is 1. The monoisotopic (exact) mass is 520 g/mol. The van der Waals surface area contributed by atoms with E-state index >= 15 is 0 Å². The van der Waals surface area contributed by atoms with Crippen molar-refractivity contribution in [2.75, 3.05) is 30.6 Å². The molecule has 1 aliphatic heterocycles. The Morgan fingerprint density at radius 1 is 0.946 bits per heavy atom. The van der Waals surface area contributed by atoms with Crippen molar-refractivity contribution < 1.29 is 17.9 Å². The molecule has 1 saturated heterocycles. The summed E-state index contributed by atoms with van der Waals surface area (Å²) in [5.74, 6) is -0.0291. The van der Waals surface area contributed by atoms with E-state index in [1.165, 1.54) is 4.31 Å². The SMILES string of the molecule is Cc1ccc(S(=O)(=O)N(CC(=O)NCC2(c3ccccc3)CCOCC2)c2ccc(C(C)C)cc2)cc1. The first-order valence-corrected chi connectivity index (χ1v) is 14.2. The molecular formula is C30H36N2O4S. The molecule has 0 bridgehead atoms. The standard InChI is InChI=1S/C30H36N2O4S/c1-23(2)25-11-13-27(14-12-25)32(37(34,35)28-15-9-24(3)10-16-28)21-29(33)31-22-30(17-19-36-20-18-30)26-7-5-4-6-8-26/h4-16,23H,17-22H2,1-3H3,(H,31,33). The summed E-state index contributed by atoms with van der Waals surface area (Å²) in [5, 5.41) is 3.05. The van der Waals surface area contributed by atoms with Crippen molar-refractivity contribution in [1.82, 2.24) is 5.32 Å². The highest BCUT2D eigenvalue weighted by Gasteiger charge is 2.35. The van der Waals surface area contributed by atoms with Crippen LogP contribution in [0.5, 0.6) is 0 Å². The van der Waals surface area contributed by atoms with Crippen LogP contribution in [0, 0.1) is 6.92 Å². The van der Waals surface area contributed by atoms with Gasteiger partial charge in [0, 0.05) is 25.2 Å². The zero-order chi connectivity index (χ0) is 26.5. The number of hydrogen-bond acceptors (Lipinski definition) is 4. The van der Waals surface area contributed by atoms with Gasteiger partial charge in [0.2, 0.25) is 5.91 Å². The molecule has 1 aliphatic rings. The van der Waals surface area contributed by atoms with Crippen LogP contribution in [-0.4, -0.2) is 40.6 Å². The fourth-order valence-corrected chi connectivity index (χ4v) is 6.17. The highest BCUT2D eigenvalue weighted by atomic mass is 32.2. The lowest BCUT2D eigenvalue weighted by Gasteiger charge is -2.38. The minimum Gasteiger partial charge on any atom is -0.381 e. The van der Waals surface area contributed by atoms with Crippen LogP contribution >= 0.6 is 0 Å². The van der Waals surface area contributed by atoms with Crippen molar-refractivity contribution in [1.29, 1.82) is 0 Å². The van der Waals surface area contributed by atoms with Gasteiger partial charge in [0.25, 0.3) is 10.0 Å². The Morgan fingerprint density at radius 2 is 1.57 bits per heavy atom. The summed E-state index contributed by atoms with van der Waals surface area (Å²) in [4.78, 5) is 13.5. The van der Waals surface area contributed by atoms with Crippen molar-refractivity contribution in [3.8, 4) is 0 Å². The Hall–Kier alpha value is -3.16. The number of sulfonamides is 1. The van der Waals surface area contributed by atoms with Crippen molar-refractivity contribution in [2.24, 2.45) is 0 Å². The largest absolute Gasteiger partial charge is 0.381 e. The van der Waals surface area contributed by atoms with E-state index < -0.39 is 10.0 Å². The van der Waals surface area contributed by atoms with E-state index in [4.69, 9.17) is 4.74 Å². The minimum atomic E-state index is -3.96. The number of anilines is 1. The molecule has 3 aromatic carbocycles. The lowest BCUT2D eigenvalue weighted by molar-refractivity contribution is -0.120. The topological polar surface area (TPSA) is 75.7 Å². The molecule has 0 unspecified atom stereocenters. The van der Waals surface area contributed by atoms with Gasteiger partial charge in [0.1, 0.15) is 6.54 Å². The molecule has 1 amide bonds. The molecule has 37 heavy (non-hydrogen) atoms. The van der Waals surface area contributed by atoms with Crippen molar-refractivity contribution in [2.45, 2.75) is 49.8 Å². The maximum Gasteiger partial charge on any atom is 0.264 e. The molecule has 3 aromatic rings. The zero-order valence-corrected chi connectivity index (χ0v) is 22.6. The van der Waals surface area contributed by atoms with Crippen LogP contribution in [0.15, 0.2) is 83.8 Å². The van der Waals surface area contributed by atoms with Gasteiger partial charge in [-0.05, 0) is 61.1 Å². The molecule has 196 valence electrons. The molecular weight excluding hydrogens is 484 g/mol. The molecule has 1 fully saturated rings. The van der Waals surface area contributed by atoms with Gasteiger partial charge >= 0.3 is 0 Å². The highest BCUT2D eigenvalue weighted by Crippen LogP contribution is 2.34. The Kier molecular flexibility index (Phi) is 8.35. The average Bonchev–Trinajstić information content (AvgIpc) is 2.92. The van der Waals surface area contributed by atoms with Gasteiger partial charge in [0.05, 0.1) is 10.6 Å². The number of hydrogen-bond donors (Lipinski definition) is 1. The van der Waals surface area contributed by atoms with Gasteiger partial charge in [-0.15, -0.1) is 0 Å². The summed E-state index contributed by atoms with van der Waals surface area (Å²) in [6.45, 7) is 7.44. The second-order valence-electron chi connectivity index (χ2n) is 10.1. The van der Waals surface area contributed by atoms with Gasteiger partial charge in [-0.3, -0.25) is 9.10 Å². The molecule has 0 spiro atoms. The van der Waals surface area contributed by atoms with E-state index in [2.05, 4.69) is 31.3 Å². The van der Waals surface area contributed by atoms with Gasteiger partial charge in [-0.25, -0.2) is 8.42 Å². The first kappa shape index (κ1) is 26.9. The van der Waals surface area contributed by atoms with Crippen LogP contribution in [-0.2, 0) is 25.0 Å². The van der Waals surface area contributed by atoms with Gasteiger partial charge in [0.15, 0.2) is 0 Å². The first-order chi connectivity index (χ1) is 17.7. The van der Waals surface area contributed by atoms with E-state index in [1.54, 1.807) is 36.4 Å². The number of carbonyl (C=O) groups is 1. The van der Waals surface area contributed by atoms with Crippen LogP contribution in [0.1, 0.15) is 49.3 Å². The van der Waals surface area contributed by atoms with Gasteiger partial charge < -0.3 is 10.1 Å². The molecule has 6 nitrogen and oxygen atoms in total. The van der Waals surface area contributed by atoms with Crippen molar-refractivity contribution in [3.05, 3.63) is 95.6 Å². The van der Waals surface area contributed by atoms with Crippen LogP contribution < -0.4 is 9.62 Å². The number of rotatable bonds is 9. The highest BCUT2D eigenvalue weighted by molar-refractivity contribution is 7.92. The number of amides is 1. The summed E-state index contributed by atoms with van der Waals surface area (Å²) in [6.07, 6.45) is 1.58. The third-order valence-electron chi connectivity index (χ3n) is 7.20. The summed E-state index contributed by atoms with van der Waals surface area (Å²) < 4.78 is 34.2. The van der Waals surface area contributed by atoms with Gasteiger partial charge in [-0.2, -0.15) is 0 Å². The molecule has 0 atom stereocenters. The third kappa shape index (κ3) is 6.22. The third-order valence-corrected chi connectivity index (χ3v) is 8.99. The van der Waals surface area contributed by atoms with Crippen LogP contribution in [0.2, 0.25) is 0 Å². The second-order valence-corrected chi connectivity index (χ2v) is 12.0. The first-order valence-electron chi connectivity index (χ1n) is 12.8. The van der Waals surface area contributed by atoms with Crippen LogP contribution in [0.25, 0.3) is 0 Å². The van der Waals surface area contributed by atoms with Crippen molar-refractivity contribution >= 4 is 21.6 Å². The lowest BCUT2D eigenvalue weighted by atomic mass is 9.74. The zero-order valence-electron chi connectivity index (χ0n) is 21.8. The van der Waals surface area contributed by atoms with Gasteiger partial charge in [-0.1, -0.05) is 74.0 Å². The molecule has 1 N–H and O–H groups in total. The Morgan fingerprint density at radius 3 is 2.16 bits per heavy atom. The van der Waals surface area contributed by atoms with Crippen LogP contribution in [0.4, 0.5) is 5.69 Å². The number of carbonyl (C=O) groups excluding carboxylic acids is 1. The average molecular weight is 521 g/mol. The Labute approximate surface area is 220 Å².